The summed E-state index contributed by atoms with van der Waals surface area (Å²) in [6.07, 6.45) is 0.229. The van der Waals surface area contributed by atoms with Gasteiger partial charge in [-0.2, -0.15) is 0 Å². The van der Waals surface area contributed by atoms with Crippen LogP contribution in [0.4, 0.5) is 0 Å². The first-order valence-corrected chi connectivity index (χ1v) is 9.49. The zero-order valence-corrected chi connectivity index (χ0v) is 16.7. The molecule has 3 heterocycles. The number of hydrogen-bond acceptors (Lipinski definition) is 9. The van der Waals surface area contributed by atoms with E-state index in [4.69, 9.17) is 18.3 Å². The van der Waals surface area contributed by atoms with Gasteiger partial charge in [0.1, 0.15) is 5.70 Å². The molecule has 1 aromatic heterocycles. The lowest BCUT2D eigenvalue weighted by Gasteiger charge is -2.47. The Kier molecular flexibility index (Phi) is 6.01. The van der Waals surface area contributed by atoms with Crippen molar-refractivity contribution in [1.29, 1.82) is 0 Å². The molecule has 2 fully saturated rings. The van der Waals surface area contributed by atoms with Crippen molar-refractivity contribution in [3.63, 3.8) is 0 Å². The van der Waals surface area contributed by atoms with E-state index in [1.165, 1.54) is 18.7 Å². The summed E-state index contributed by atoms with van der Waals surface area (Å²) in [5.41, 5.74) is -0.0203. The Balaban J connectivity index is 1.85. The van der Waals surface area contributed by atoms with E-state index in [-0.39, 0.29) is 29.7 Å². The smallest absolute Gasteiger partial charge is 0.453 e. The van der Waals surface area contributed by atoms with Crippen LogP contribution < -0.4 is 5.82 Å². The van der Waals surface area contributed by atoms with Gasteiger partial charge in [-0.05, 0) is 33.6 Å². The molecule has 0 saturated carbocycles. The SMILES string of the molecule is Cc1oc(=O)oc1COC(=O)/C(=C(/S)[C@H]1CCCO1)N1C(=O)C([C@@H](C)O)[C@H]1C. The van der Waals surface area contributed by atoms with E-state index in [9.17, 15) is 19.5 Å². The Morgan fingerprint density at radius 1 is 1.39 bits per heavy atom. The van der Waals surface area contributed by atoms with Gasteiger partial charge in [0.05, 0.1) is 18.1 Å². The van der Waals surface area contributed by atoms with E-state index in [0.717, 1.165) is 6.42 Å². The van der Waals surface area contributed by atoms with Crippen LogP contribution in [0.3, 0.4) is 0 Å². The molecule has 0 bridgehead atoms. The molecule has 28 heavy (non-hydrogen) atoms. The van der Waals surface area contributed by atoms with Crippen LogP contribution in [0.1, 0.15) is 38.2 Å². The van der Waals surface area contributed by atoms with Crippen LogP contribution in [0, 0.1) is 12.8 Å². The van der Waals surface area contributed by atoms with Crippen molar-refractivity contribution in [3.05, 3.63) is 32.7 Å². The van der Waals surface area contributed by atoms with Crippen molar-refractivity contribution in [1.82, 2.24) is 4.90 Å². The maximum atomic E-state index is 12.8. The molecule has 2 saturated heterocycles. The van der Waals surface area contributed by atoms with E-state index in [2.05, 4.69) is 12.6 Å². The fourth-order valence-corrected chi connectivity index (χ4v) is 3.95. The Morgan fingerprint density at radius 3 is 2.61 bits per heavy atom. The molecule has 0 spiro atoms. The molecule has 1 unspecified atom stereocenters. The van der Waals surface area contributed by atoms with Gasteiger partial charge in [0.25, 0.3) is 0 Å². The zero-order chi connectivity index (χ0) is 20.6. The summed E-state index contributed by atoms with van der Waals surface area (Å²) >= 11 is 4.46. The predicted octanol–water partition coefficient (Wildman–Crippen LogP) is 1.13. The quantitative estimate of drug-likeness (QED) is 0.308. The summed E-state index contributed by atoms with van der Waals surface area (Å²) in [4.78, 5) is 38.1. The molecule has 10 heteroatoms. The molecule has 1 aromatic rings. The minimum Gasteiger partial charge on any atom is -0.453 e. The van der Waals surface area contributed by atoms with Gasteiger partial charge >= 0.3 is 11.8 Å². The molecule has 2 aliphatic rings. The first-order valence-electron chi connectivity index (χ1n) is 9.04. The monoisotopic (exact) mass is 413 g/mol. The van der Waals surface area contributed by atoms with Crippen molar-refractivity contribution in [2.45, 2.75) is 58.5 Å². The summed E-state index contributed by atoms with van der Waals surface area (Å²) in [7, 11) is 0. The normalized spacial score (nSPS) is 26.7. The number of aliphatic hydroxyl groups is 1. The second-order valence-electron chi connectivity index (χ2n) is 6.96. The molecule has 4 atom stereocenters. The van der Waals surface area contributed by atoms with Crippen LogP contribution in [-0.2, 0) is 25.7 Å². The van der Waals surface area contributed by atoms with Gasteiger partial charge in [-0.25, -0.2) is 9.59 Å². The third-order valence-corrected chi connectivity index (χ3v) is 5.55. The highest BCUT2D eigenvalue weighted by Gasteiger charge is 2.51. The van der Waals surface area contributed by atoms with E-state index in [0.29, 0.717) is 17.9 Å². The summed E-state index contributed by atoms with van der Waals surface area (Å²) < 4.78 is 20.4. The number of carbonyl (C=O) groups is 2. The van der Waals surface area contributed by atoms with Crippen LogP contribution in [0.5, 0.6) is 0 Å². The largest absolute Gasteiger partial charge is 0.519 e. The second-order valence-corrected chi connectivity index (χ2v) is 7.44. The van der Waals surface area contributed by atoms with Gasteiger partial charge < -0.3 is 28.3 Å². The van der Waals surface area contributed by atoms with Crippen LogP contribution in [0.25, 0.3) is 0 Å². The lowest BCUT2D eigenvalue weighted by Crippen LogP contribution is -2.63. The molecule has 0 radical (unpaired) electrons. The van der Waals surface area contributed by atoms with Gasteiger partial charge in [0.2, 0.25) is 5.91 Å². The van der Waals surface area contributed by atoms with Crippen LogP contribution in [0.2, 0.25) is 0 Å². The lowest BCUT2D eigenvalue weighted by molar-refractivity contribution is -0.164. The molecule has 1 N–H and O–H groups in total. The summed E-state index contributed by atoms with van der Waals surface area (Å²) in [6.45, 7) is 4.99. The Bertz CT molecular complexity index is 848. The molecule has 9 nitrogen and oxygen atoms in total. The molecule has 0 aliphatic carbocycles. The first kappa shape index (κ1) is 20.7. The van der Waals surface area contributed by atoms with Crippen molar-refractivity contribution in [2.24, 2.45) is 5.92 Å². The number of nitrogens with zero attached hydrogens (tertiary/aromatic N) is 1. The van der Waals surface area contributed by atoms with E-state index < -0.39 is 36.0 Å². The number of aryl methyl sites for hydroxylation is 1. The average Bonchev–Trinajstić information content (AvgIpc) is 3.26. The highest BCUT2D eigenvalue weighted by atomic mass is 32.1. The fraction of sp³-hybridized carbons (Fsp3) is 0.611. The number of rotatable bonds is 6. The molecular weight excluding hydrogens is 390 g/mol. The molecule has 0 aromatic carbocycles. The summed E-state index contributed by atoms with van der Waals surface area (Å²) in [6, 6.07) is -0.410. The number of esters is 1. The number of hydrogen-bond donors (Lipinski definition) is 2. The lowest BCUT2D eigenvalue weighted by atomic mass is 9.83. The first-order chi connectivity index (χ1) is 13.2. The minimum absolute atomic E-state index is 0.0203. The van der Waals surface area contributed by atoms with Gasteiger partial charge in [-0.15, -0.1) is 12.6 Å². The van der Waals surface area contributed by atoms with Crippen molar-refractivity contribution in [2.75, 3.05) is 6.61 Å². The molecular formula is C18H23NO8S. The highest BCUT2D eigenvalue weighted by molar-refractivity contribution is 7.84. The third kappa shape index (κ3) is 3.76. The number of β-lactam (4-membered cyclic amide) rings is 1. The number of ether oxygens (including phenoxy) is 2. The minimum atomic E-state index is -0.889. The molecule has 154 valence electrons. The van der Waals surface area contributed by atoms with E-state index in [1.807, 2.05) is 0 Å². The molecule has 2 aliphatic heterocycles. The standard InChI is InChI=1S/C18H23NO8S/c1-8-13(9(2)20)16(21)19(8)14(15(28)11-5-4-6-24-11)17(22)25-7-12-10(3)26-18(23)27-12/h8-9,11,13,20,28H,4-7H2,1-3H3/b15-14-/t8-,9-,11-,13?/m1/s1. The van der Waals surface area contributed by atoms with Gasteiger partial charge in [-0.1, -0.05) is 0 Å². The Morgan fingerprint density at radius 2 is 2.11 bits per heavy atom. The van der Waals surface area contributed by atoms with E-state index in [1.54, 1.807) is 6.92 Å². The molecule has 3 rings (SSSR count). The maximum absolute atomic E-state index is 12.8. The van der Waals surface area contributed by atoms with Crippen LogP contribution in [-0.4, -0.2) is 46.7 Å². The fourth-order valence-electron chi connectivity index (χ4n) is 3.55. The van der Waals surface area contributed by atoms with Crippen molar-refractivity contribution >= 4 is 24.5 Å². The molecule has 1 amide bonds. The van der Waals surface area contributed by atoms with Crippen LogP contribution in [0.15, 0.2) is 24.2 Å². The predicted molar refractivity (Wildman–Crippen MR) is 98.2 cm³/mol. The van der Waals surface area contributed by atoms with Crippen LogP contribution >= 0.6 is 12.6 Å². The number of amides is 1. The summed E-state index contributed by atoms with van der Waals surface area (Å²) in [5.74, 6) is -2.39. The topological polar surface area (TPSA) is 119 Å². The Labute approximate surface area is 166 Å². The maximum Gasteiger partial charge on any atom is 0.519 e. The number of thiol groups is 1. The number of carbonyl (C=O) groups excluding carboxylic acids is 2. The number of aliphatic hydroxyl groups excluding tert-OH is 1. The van der Waals surface area contributed by atoms with Gasteiger partial charge in [0, 0.05) is 17.6 Å². The van der Waals surface area contributed by atoms with Gasteiger partial charge in [0.15, 0.2) is 18.1 Å². The van der Waals surface area contributed by atoms with Gasteiger partial charge in [-0.3, -0.25) is 4.79 Å². The number of likely N-dealkylation sites (tertiary alicyclic amines) is 1. The third-order valence-electron chi connectivity index (χ3n) is 5.05. The average molecular weight is 413 g/mol. The zero-order valence-electron chi connectivity index (χ0n) is 15.8. The second kappa shape index (κ2) is 8.14. The van der Waals surface area contributed by atoms with Crippen molar-refractivity contribution in [3.8, 4) is 0 Å². The van der Waals surface area contributed by atoms with Crippen molar-refractivity contribution < 1.29 is 33.0 Å². The van der Waals surface area contributed by atoms with E-state index >= 15 is 0 Å². The summed E-state index contributed by atoms with van der Waals surface area (Å²) in [5, 5.41) is 9.81. The highest BCUT2D eigenvalue weighted by Crippen LogP contribution is 2.37. The Hall–Kier alpha value is -2.04.